The molecule has 0 saturated carbocycles. The number of nitrogens with one attached hydrogen (secondary N) is 1. The first-order chi connectivity index (χ1) is 11.3. The number of imide groups is 1. The highest BCUT2D eigenvalue weighted by atomic mass is 32.1. The average Bonchev–Trinajstić information content (AvgIpc) is 2.56. The van der Waals surface area contributed by atoms with Crippen molar-refractivity contribution in [2.75, 3.05) is 17.6 Å². The molecule has 1 heterocycles. The number of hydrogen-bond acceptors (Lipinski definition) is 8. The molecule has 1 atom stereocenters. The van der Waals surface area contributed by atoms with Gasteiger partial charge in [0.2, 0.25) is 0 Å². The summed E-state index contributed by atoms with van der Waals surface area (Å²) in [7, 11) is 0. The lowest BCUT2D eigenvalue weighted by atomic mass is 10.1. The molecule has 8 nitrogen and oxygen atoms in total. The fourth-order valence-corrected chi connectivity index (χ4v) is 2.23. The van der Waals surface area contributed by atoms with Gasteiger partial charge >= 0.3 is 5.63 Å². The molecule has 0 unspecified atom stereocenters. The topological polar surface area (TPSA) is 132 Å². The second-order valence-corrected chi connectivity index (χ2v) is 5.57. The van der Waals surface area contributed by atoms with Gasteiger partial charge in [-0.25, -0.2) is 15.6 Å². The first-order valence-electron chi connectivity index (χ1n) is 7.10. The van der Waals surface area contributed by atoms with Crippen LogP contribution in [0.15, 0.2) is 33.5 Å². The van der Waals surface area contributed by atoms with Crippen molar-refractivity contribution in [2.45, 2.75) is 13.0 Å². The largest absolute Gasteiger partial charge is 0.423 e. The number of anilines is 1. The Morgan fingerprint density at radius 3 is 2.75 bits per heavy atom. The van der Waals surface area contributed by atoms with Gasteiger partial charge in [-0.3, -0.25) is 9.59 Å². The lowest BCUT2D eigenvalue weighted by Gasteiger charge is -2.18. The van der Waals surface area contributed by atoms with Crippen molar-refractivity contribution in [3.8, 4) is 0 Å². The Kier molecular flexibility index (Phi) is 5.60. The van der Waals surface area contributed by atoms with Crippen LogP contribution in [0.25, 0.3) is 11.0 Å². The van der Waals surface area contributed by atoms with E-state index < -0.39 is 23.5 Å². The summed E-state index contributed by atoms with van der Waals surface area (Å²) in [6, 6.07) is 5.55. The predicted octanol–water partition coefficient (Wildman–Crippen LogP) is -0.000680. The van der Waals surface area contributed by atoms with Crippen LogP contribution >= 0.6 is 12.6 Å². The molecule has 0 aliphatic heterocycles. The molecule has 5 N–H and O–H groups in total. The maximum absolute atomic E-state index is 11.9. The second-order valence-electron chi connectivity index (χ2n) is 5.20. The summed E-state index contributed by atoms with van der Waals surface area (Å²) in [6.07, 6.45) is 0. The number of fused-ring (bicyclic) bond motifs is 1. The molecule has 0 spiro atoms. The van der Waals surface area contributed by atoms with Gasteiger partial charge in [-0.15, -0.1) is 0 Å². The molecular formula is C15H18N4O4S. The van der Waals surface area contributed by atoms with E-state index in [1.54, 1.807) is 25.1 Å². The van der Waals surface area contributed by atoms with E-state index >= 15 is 0 Å². The van der Waals surface area contributed by atoms with Gasteiger partial charge in [0.15, 0.2) is 0 Å². The Morgan fingerprint density at radius 1 is 1.38 bits per heavy atom. The summed E-state index contributed by atoms with van der Waals surface area (Å²) >= 11 is 3.89. The number of amides is 2. The highest BCUT2D eigenvalue weighted by Crippen LogP contribution is 2.20. The first-order valence-corrected chi connectivity index (χ1v) is 7.73. The SMILES string of the molecule is Cc1cc(=O)oc2cc(NCC(=O)N(N)C(=O)[C@@H](N)CS)ccc12. The molecule has 1 aromatic heterocycles. The summed E-state index contributed by atoms with van der Waals surface area (Å²) in [6.45, 7) is 1.58. The zero-order valence-electron chi connectivity index (χ0n) is 13.0. The van der Waals surface area contributed by atoms with Crippen LogP contribution < -0.4 is 22.5 Å². The predicted molar refractivity (Wildman–Crippen MR) is 93.6 cm³/mol. The van der Waals surface area contributed by atoms with Crippen LogP contribution in [-0.2, 0) is 9.59 Å². The number of carbonyl (C=O) groups is 2. The van der Waals surface area contributed by atoms with Crippen molar-refractivity contribution in [3.63, 3.8) is 0 Å². The van der Waals surface area contributed by atoms with Crippen molar-refractivity contribution in [1.82, 2.24) is 5.01 Å². The molecule has 9 heteroatoms. The Bertz CT molecular complexity index is 836. The minimum atomic E-state index is -0.944. The number of hydrogen-bond donors (Lipinski definition) is 4. The van der Waals surface area contributed by atoms with Gasteiger partial charge < -0.3 is 15.5 Å². The summed E-state index contributed by atoms with van der Waals surface area (Å²) in [5.74, 6) is 4.17. The van der Waals surface area contributed by atoms with E-state index in [0.29, 0.717) is 16.3 Å². The van der Waals surface area contributed by atoms with Crippen LogP contribution in [0.4, 0.5) is 5.69 Å². The molecule has 0 aliphatic rings. The third kappa shape index (κ3) is 3.94. The van der Waals surface area contributed by atoms with E-state index in [9.17, 15) is 14.4 Å². The third-order valence-corrected chi connectivity index (χ3v) is 3.81. The monoisotopic (exact) mass is 350 g/mol. The van der Waals surface area contributed by atoms with Gasteiger partial charge in [-0.1, -0.05) is 0 Å². The van der Waals surface area contributed by atoms with E-state index in [1.807, 2.05) is 0 Å². The minimum absolute atomic E-state index is 0.0797. The molecule has 0 aliphatic carbocycles. The maximum Gasteiger partial charge on any atom is 0.336 e. The summed E-state index contributed by atoms with van der Waals surface area (Å²) in [4.78, 5) is 35.0. The van der Waals surface area contributed by atoms with E-state index in [-0.39, 0.29) is 12.3 Å². The zero-order chi connectivity index (χ0) is 17.9. The number of hydrazine groups is 1. The maximum atomic E-state index is 11.9. The molecule has 128 valence electrons. The van der Waals surface area contributed by atoms with Crippen LogP contribution in [0, 0.1) is 6.92 Å². The number of aryl methyl sites for hydroxylation is 1. The molecule has 0 radical (unpaired) electrons. The van der Waals surface area contributed by atoms with Crippen molar-refractivity contribution < 1.29 is 14.0 Å². The zero-order valence-corrected chi connectivity index (χ0v) is 13.9. The van der Waals surface area contributed by atoms with Crippen molar-refractivity contribution >= 4 is 41.1 Å². The molecular weight excluding hydrogens is 332 g/mol. The number of carbonyl (C=O) groups excluding carboxylic acids is 2. The summed E-state index contributed by atoms with van der Waals surface area (Å²) in [5, 5.41) is 4.09. The number of rotatable bonds is 5. The smallest absolute Gasteiger partial charge is 0.336 e. The average molecular weight is 350 g/mol. The van der Waals surface area contributed by atoms with Gasteiger partial charge in [0.1, 0.15) is 5.58 Å². The number of benzene rings is 1. The van der Waals surface area contributed by atoms with Crippen molar-refractivity contribution in [2.24, 2.45) is 11.6 Å². The standard InChI is InChI=1S/C15H18N4O4S/c1-8-4-14(21)23-12-5-9(2-3-10(8)12)18-6-13(20)19(17)15(22)11(16)7-24/h2-5,11,18,24H,6-7,16-17H2,1H3/t11-/m0/s1. The van der Waals surface area contributed by atoms with Gasteiger partial charge in [0, 0.05) is 29.0 Å². The van der Waals surface area contributed by atoms with E-state index in [2.05, 4.69) is 17.9 Å². The van der Waals surface area contributed by atoms with E-state index in [4.69, 9.17) is 16.0 Å². The molecule has 2 aromatic rings. The summed E-state index contributed by atoms with van der Waals surface area (Å²) < 4.78 is 5.13. The van der Waals surface area contributed by atoms with Gasteiger partial charge in [0.05, 0.1) is 12.6 Å². The minimum Gasteiger partial charge on any atom is -0.423 e. The molecule has 24 heavy (non-hydrogen) atoms. The number of thiol groups is 1. The summed E-state index contributed by atoms with van der Waals surface area (Å²) in [5.41, 5.74) is 6.78. The molecule has 2 amide bonds. The number of nitrogens with two attached hydrogens (primary N) is 2. The number of nitrogens with zero attached hydrogens (tertiary/aromatic N) is 1. The highest BCUT2D eigenvalue weighted by Gasteiger charge is 2.22. The molecule has 0 bridgehead atoms. The van der Waals surface area contributed by atoms with Crippen LogP contribution in [0.1, 0.15) is 5.56 Å². The molecule has 0 saturated heterocycles. The van der Waals surface area contributed by atoms with Gasteiger partial charge in [0.25, 0.3) is 11.8 Å². The van der Waals surface area contributed by atoms with Crippen LogP contribution in [0.5, 0.6) is 0 Å². The van der Waals surface area contributed by atoms with Gasteiger partial charge in [-0.2, -0.15) is 12.6 Å². The van der Waals surface area contributed by atoms with E-state index in [0.717, 1.165) is 10.9 Å². The molecule has 0 fully saturated rings. The lowest BCUT2D eigenvalue weighted by molar-refractivity contribution is -0.144. The fourth-order valence-electron chi connectivity index (χ4n) is 2.08. The van der Waals surface area contributed by atoms with Gasteiger partial charge in [-0.05, 0) is 24.6 Å². The Morgan fingerprint density at radius 2 is 2.08 bits per heavy atom. The highest BCUT2D eigenvalue weighted by molar-refractivity contribution is 7.80. The van der Waals surface area contributed by atoms with Crippen molar-refractivity contribution in [1.29, 1.82) is 0 Å². The van der Waals surface area contributed by atoms with E-state index in [1.165, 1.54) is 6.07 Å². The lowest BCUT2D eigenvalue weighted by Crippen LogP contribution is -2.52. The Balaban J connectivity index is 2.09. The second kappa shape index (κ2) is 7.47. The van der Waals surface area contributed by atoms with Crippen LogP contribution in [0.2, 0.25) is 0 Å². The van der Waals surface area contributed by atoms with Crippen molar-refractivity contribution in [3.05, 3.63) is 40.2 Å². The Hall–Kier alpha value is -2.36. The normalized spacial score (nSPS) is 12.0. The molecule has 2 rings (SSSR count). The quantitative estimate of drug-likeness (QED) is 0.196. The van der Waals surface area contributed by atoms with Crippen LogP contribution in [0.3, 0.4) is 0 Å². The first kappa shape index (κ1) is 18.0. The fraction of sp³-hybridized carbons (Fsp3) is 0.267. The van der Waals surface area contributed by atoms with Crippen LogP contribution in [-0.4, -0.2) is 35.2 Å². The third-order valence-electron chi connectivity index (χ3n) is 3.42. The molecule has 1 aromatic carbocycles. The Labute approximate surface area is 143 Å².